The molecule has 4 heteroatoms. The molecule has 1 aromatic heterocycles. The molecule has 1 aliphatic rings. The third-order valence-electron chi connectivity index (χ3n) is 3.91. The monoisotopic (exact) mass is 257 g/mol. The summed E-state index contributed by atoms with van der Waals surface area (Å²) in [6, 6.07) is 5.81. The highest BCUT2D eigenvalue weighted by atomic mass is 16.4. The number of rotatable bonds is 2. The number of hydrogen-bond donors (Lipinski definition) is 1. The molecule has 2 N–H and O–H groups in total. The van der Waals surface area contributed by atoms with Gasteiger partial charge in [-0.3, -0.25) is 0 Å². The van der Waals surface area contributed by atoms with Gasteiger partial charge in [-0.1, -0.05) is 19.3 Å². The number of nitrogens with zero attached hydrogens (tertiary/aromatic N) is 2. The molecular weight excluding hydrogens is 238 g/mol. The van der Waals surface area contributed by atoms with Crippen LogP contribution in [0, 0.1) is 6.92 Å². The Labute approximate surface area is 113 Å². The molecule has 3 rings (SSSR count). The van der Waals surface area contributed by atoms with Crippen LogP contribution < -0.4 is 5.73 Å². The van der Waals surface area contributed by atoms with Gasteiger partial charge in [0, 0.05) is 17.2 Å². The Balaban J connectivity index is 1.85. The third kappa shape index (κ3) is 2.48. The van der Waals surface area contributed by atoms with Crippen molar-refractivity contribution in [2.24, 2.45) is 0 Å². The number of anilines is 1. The van der Waals surface area contributed by atoms with Gasteiger partial charge in [-0.15, -0.1) is 10.2 Å². The highest BCUT2D eigenvalue weighted by Crippen LogP contribution is 2.33. The van der Waals surface area contributed by atoms with Crippen LogP contribution in [0.4, 0.5) is 5.69 Å². The summed E-state index contributed by atoms with van der Waals surface area (Å²) in [5.74, 6) is 1.85. The predicted molar refractivity (Wildman–Crippen MR) is 74.7 cm³/mol. The average molecular weight is 257 g/mol. The van der Waals surface area contributed by atoms with E-state index in [0.29, 0.717) is 11.8 Å². The lowest BCUT2D eigenvalue weighted by atomic mass is 9.89. The molecule has 0 bridgehead atoms. The van der Waals surface area contributed by atoms with Crippen LogP contribution in [0.5, 0.6) is 0 Å². The molecule has 0 amide bonds. The predicted octanol–water partition coefficient (Wildman–Crippen LogP) is 3.67. The highest BCUT2D eigenvalue weighted by molar-refractivity contribution is 5.60. The van der Waals surface area contributed by atoms with E-state index in [2.05, 4.69) is 10.2 Å². The summed E-state index contributed by atoms with van der Waals surface area (Å²) in [7, 11) is 0. The Bertz CT molecular complexity index is 571. The maximum Gasteiger partial charge on any atom is 0.247 e. The zero-order valence-corrected chi connectivity index (χ0v) is 11.2. The van der Waals surface area contributed by atoms with Crippen molar-refractivity contribution in [3.8, 4) is 11.5 Å². The SMILES string of the molecule is Cc1cc(-c2nnc(C3CCCCC3)o2)ccc1N. The highest BCUT2D eigenvalue weighted by Gasteiger charge is 2.21. The summed E-state index contributed by atoms with van der Waals surface area (Å²) in [5.41, 5.74) is 8.59. The molecule has 0 spiro atoms. The molecule has 0 aliphatic heterocycles. The lowest BCUT2D eigenvalue weighted by Crippen LogP contribution is -2.04. The molecule has 19 heavy (non-hydrogen) atoms. The minimum absolute atomic E-state index is 0.449. The van der Waals surface area contributed by atoms with Crippen LogP contribution in [-0.2, 0) is 0 Å². The number of aromatic nitrogens is 2. The Morgan fingerprint density at radius 1 is 1.16 bits per heavy atom. The van der Waals surface area contributed by atoms with Crippen LogP contribution in [0.25, 0.3) is 11.5 Å². The fourth-order valence-corrected chi connectivity index (χ4v) is 2.67. The van der Waals surface area contributed by atoms with Gasteiger partial charge in [0.05, 0.1) is 0 Å². The van der Waals surface area contributed by atoms with Gasteiger partial charge in [-0.25, -0.2) is 0 Å². The second-order valence-electron chi connectivity index (χ2n) is 5.35. The lowest BCUT2D eigenvalue weighted by molar-refractivity contribution is 0.367. The van der Waals surface area contributed by atoms with Gasteiger partial charge in [0.25, 0.3) is 0 Å². The first kappa shape index (κ1) is 12.2. The van der Waals surface area contributed by atoms with E-state index >= 15 is 0 Å². The van der Waals surface area contributed by atoms with E-state index in [1.807, 2.05) is 25.1 Å². The van der Waals surface area contributed by atoms with E-state index in [0.717, 1.165) is 22.7 Å². The molecule has 2 aromatic rings. The first-order chi connectivity index (χ1) is 9.24. The first-order valence-electron chi connectivity index (χ1n) is 6.94. The van der Waals surface area contributed by atoms with Gasteiger partial charge in [0.15, 0.2) is 0 Å². The average Bonchev–Trinajstić information content (AvgIpc) is 2.93. The molecule has 1 aromatic carbocycles. The molecule has 0 saturated heterocycles. The second-order valence-corrected chi connectivity index (χ2v) is 5.35. The third-order valence-corrected chi connectivity index (χ3v) is 3.91. The molecular formula is C15H19N3O. The molecule has 1 heterocycles. The summed E-state index contributed by atoms with van der Waals surface area (Å²) >= 11 is 0. The summed E-state index contributed by atoms with van der Waals surface area (Å²) in [6.45, 7) is 1.98. The fraction of sp³-hybridized carbons (Fsp3) is 0.467. The molecule has 100 valence electrons. The summed E-state index contributed by atoms with van der Waals surface area (Å²) < 4.78 is 5.84. The summed E-state index contributed by atoms with van der Waals surface area (Å²) in [5, 5.41) is 8.40. The van der Waals surface area contributed by atoms with Gasteiger partial charge < -0.3 is 10.2 Å². The smallest absolute Gasteiger partial charge is 0.247 e. The van der Waals surface area contributed by atoms with Crippen molar-refractivity contribution < 1.29 is 4.42 Å². The minimum Gasteiger partial charge on any atom is -0.420 e. The van der Waals surface area contributed by atoms with Crippen molar-refractivity contribution in [1.29, 1.82) is 0 Å². The van der Waals surface area contributed by atoms with Crippen LogP contribution in [0.1, 0.15) is 49.5 Å². The van der Waals surface area contributed by atoms with Crippen molar-refractivity contribution in [1.82, 2.24) is 10.2 Å². The Morgan fingerprint density at radius 3 is 2.68 bits per heavy atom. The quantitative estimate of drug-likeness (QED) is 0.833. The Kier molecular flexibility index (Phi) is 3.23. The van der Waals surface area contributed by atoms with Gasteiger partial charge in [-0.05, 0) is 43.5 Å². The molecule has 1 aliphatic carbocycles. The fourth-order valence-electron chi connectivity index (χ4n) is 2.67. The van der Waals surface area contributed by atoms with E-state index in [1.165, 1.54) is 32.1 Å². The molecule has 1 saturated carbocycles. The van der Waals surface area contributed by atoms with Gasteiger partial charge in [0.1, 0.15) is 0 Å². The van der Waals surface area contributed by atoms with Crippen LogP contribution in [0.15, 0.2) is 22.6 Å². The molecule has 0 unspecified atom stereocenters. The van der Waals surface area contributed by atoms with Crippen LogP contribution in [0.3, 0.4) is 0 Å². The van der Waals surface area contributed by atoms with Crippen molar-refractivity contribution in [3.63, 3.8) is 0 Å². The van der Waals surface area contributed by atoms with Gasteiger partial charge in [0.2, 0.25) is 11.8 Å². The maximum absolute atomic E-state index is 5.84. The van der Waals surface area contributed by atoms with Gasteiger partial charge >= 0.3 is 0 Å². The number of hydrogen-bond acceptors (Lipinski definition) is 4. The first-order valence-corrected chi connectivity index (χ1v) is 6.94. The van der Waals surface area contributed by atoms with Crippen LogP contribution in [-0.4, -0.2) is 10.2 Å². The van der Waals surface area contributed by atoms with E-state index in [-0.39, 0.29) is 0 Å². The van der Waals surface area contributed by atoms with Crippen molar-refractivity contribution in [3.05, 3.63) is 29.7 Å². The van der Waals surface area contributed by atoms with Gasteiger partial charge in [-0.2, -0.15) is 0 Å². The lowest BCUT2D eigenvalue weighted by Gasteiger charge is -2.17. The zero-order chi connectivity index (χ0) is 13.2. The van der Waals surface area contributed by atoms with E-state index in [4.69, 9.17) is 10.2 Å². The van der Waals surface area contributed by atoms with E-state index in [1.54, 1.807) is 0 Å². The number of benzene rings is 1. The molecule has 0 radical (unpaired) electrons. The number of nitrogen functional groups attached to an aromatic ring is 1. The maximum atomic E-state index is 5.84. The largest absolute Gasteiger partial charge is 0.420 e. The van der Waals surface area contributed by atoms with Crippen molar-refractivity contribution in [2.75, 3.05) is 5.73 Å². The Morgan fingerprint density at radius 2 is 1.95 bits per heavy atom. The standard InChI is InChI=1S/C15H19N3O/c1-10-9-12(7-8-13(10)16)15-18-17-14(19-15)11-5-3-2-4-6-11/h7-9,11H,2-6,16H2,1H3. The molecule has 1 fully saturated rings. The van der Waals surface area contributed by atoms with E-state index < -0.39 is 0 Å². The minimum atomic E-state index is 0.449. The molecule has 4 nitrogen and oxygen atoms in total. The number of nitrogens with two attached hydrogens (primary N) is 1. The normalized spacial score (nSPS) is 16.7. The van der Waals surface area contributed by atoms with Crippen LogP contribution in [0.2, 0.25) is 0 Å². The van der Waals surface area contributed by atoms with E-state index in [9.17, 15) is 0 Å². The second kappa shape index (κ2) is 5.03. The number of aryl methyl sites for hydroxylation is 1. The van der Waals surface area contributed by atoms with Crippen molar-refractivity contribution in [2.45, 2.75) is 44.9 Å². The summed E-state index contributed by atoms with van der Waals surface area (Å²) in [6.07, 6.45) is 6.20. The Hall–Kier alpha value is -1.84. The zero-order valence-electron chi connectivity index (χ0n) is 11.2. The van der Waals surface area contributed by atoms with Crippen LogP contribution >= 0.6 is 0 Å². The topological polar surface area (TPSA) is 64.9 Å². The summed E-state index contributed by atoms with van der Waals surface area (Å²) in [4.78, 5) is 0. The van der Waals surface area contributed by atoms with Crippen molar-refractivity contribution >= 4 is 5.69 Å². The molecule has 0 atom stereocenters.